The van der Waals surface area contributed by atoms with Crippen molar-refractivity contribution in [3.63, 3.8) is 0 Å². The van der Waals surface area contributed by atoms with Crippen LogP contribution in [0.2, 0.25) is 5.02 Å². The Hall–Kier alpha value is -3.11. The standard InChI is InChI=1S/C20H16ClN3O/c21-17-10-8-16(9-11-17)20(25)24-22-14-15-6-12-19(13-7-15)23-18-4-2-1-3-5-18/h1-14,23H,(H,24,25)/b22-14-. The van der Waals surface area contributed by atoms with Gasteiger partial charge in [-0.1, -0.05) is 41.9 Å². The van der Waals surface area contributed by atoms with E-state index in [9.17, 15) is 4.79 Å². The normalized spacial score (nSPS) is 10.6. The van der Waals surface area contributed by atoms with Gasteiger partial charge in [-0.15, -0.1) is 0 Å². The minimum atomic E-state index is -0.282. The number of anilines is 2. The summed E-state index contributed by atoms with van der Waals surface area (Å²) in [6.45, 7) is 0. The number of carbonyl (C=O) groups is 1. The van der Waals surface area contributed by atoms with E-state index in [0.29, 0.717) is 10.6 Å². The molecule has 1 amide bonds. The monoisotopic (exact) mass is 349 g/mol. The van der Waals surface area contributed by atoms with Crippen LogP contribution in [-0.2, 0) is 0 Å². The number of nitrogens with zero attached hydrogens (tertiary/aromatic N) is 1. The van der Waals surface area contributed by atoms with Crippen LogP contribution < -0.4 is 10.7 Å². The molecule has 5 heteroatoms. The van der Waals surface area contributed by atoms with Crippen molar-refractivity contribution >= 4 is 35.1 Å². The number of hydrogen-bond donors (Lipinski definition) is 2. The SMILES string of the molecule is O=C(N/N=C\c1ccc(Nc2ccccc2)cc1)c1ccc(Cl)cc1. The highest BCUT2D eigenvalue weighted by Crippen LogP contribution is 2.16. The minimum absolute atomic E-state index is 0.282. The lowest BCUT2D eigenvalue weighted by Crippen LogP contribution is -2.17. The fourth-order valence-corrected chi connectivity index (χ4v) is 2.30. The molecule has 0 saturated heterocycles. The third-order valence-electron chi connectivity index (χ3n) is 3.46. The van der Waals surface area contributed by atoms with Gasteiger partial charge in [0, 0.05) is 22.0 Å². The molecule has 0 unspecified atom stereocenters. The second kappa shape index (κ2) is 8.13. The van der Waals surface area contributed by atoms with E-state index < -0.39 is 0 Å². The summed E-state index contributed by atoms with van der Waals surface area (Å²) in [5, 5.41) is 7.87. The molecule has 3 rings (SSSR count). The van der Waals surface area contributed by atoms with Crippen molar-refractivity contribution in [2.75, 3.05) is 5.32 Å². The Morgan fingerprint density at radius 1 is 0.840 bits per heavy atom. The molecule has 4 nitrogen and oxygen atoms in total. The third-order valence-corrected chi connectivity index (χ3v) is 3.71. The van der Waals surface area contributed by atoms with E-state index >= 15 is 0 Å². The Kier molecular flexibility index (Phi) is 5.44. The first-order chi connectivity index (χ1) is 12.2. The second-order valence-corrected chi connectivity index (χ2v) is 5.76. The Labute approximate surface area is 151 Å². The zero-order valence-corrected chi connectivity index (χ0v) is 14.1. The van der Waals surface area contributed by atoms with Gasteiger partial charge in [-0.2, -0.15) is 5.10 Å². The molecule has 0 heterocycles. The van der Waals surface area contributed by atoms with E-state index in [0.717, 1.165) is 16.9 Å². The van der Waals surface area contributed by atoms with Crippen LogP contribution >= 0.6 is 11.6 Å². The molecule has 25 heavy (non-hydrogen) atoms. The summed E-state index contributed by atoms with van der Waals surface area (Å²) in [5.74, 6) is -0.282. The van der Waals surface area contributed by atoms with E-state index in [1.165, 1.54) is 0 Å². The topological polar surface area (TPSA) is 53.5 Å². The summed E-state index contributed by atoms with van der Waals surface area (Å²) in [7, 11) is 0. The fraction of sp³-hybridized carbons (Fsp3) is 0. The average molecular weight is 350 g/mol. The van der Waals surface area contributed by atoms with Gasteiger partial charge < -0.3 is 5.32 Å². The zero-order chi connectivity index (χ0) is 17.5. The van der Waals surface area contributed by atoms with Crippen molar-refractivity contribution in [2.45, 2.75) is 0 Å². The van der Waals surface area contributed by atoms with Gasteiger partial charge in [-0.3, -0.25) is 4.79 Å². The van der Waals surface area contributed by atoms with Crippen molar-refractivity contribution in [1.82, 2.24) is 5.43 Å². The smallest absolute Gasteiger partial charge is 0.271 e. The van der Waals surface area contributed by atoms with Crippen LogP contribution in [0.15, 0.2) is 84.0 Å². The third kappa shape index (κ3) is 4.93. The number of carbonyl (C=O) groups excluding carboxylic acids is 1. The van der Waals surface area contributed by atoms with Crippen molar-refractivity contribution < 1.29 is 4.79 Å². The number of amides is 1. The zero-order valence-electron chi connectivity index (χ0n) is 13.3. The summed E-state index contributed by atoms with van der Waals surface area (Å²) < 4.78 is 0. The summed E-state index contributed by atoms with van der Waals surface area (Å²) in [4.78, 5) is 11.9. The lowest BCUT2D eigenvalue weighted by Gasteiger charge is -2.06. The van der Waals surface area contributed by atoms with Crippen LogP contribution in [0, 0.1) is 0 Å². The van der Waals surface area contributed by atoms with Gasteiger partial charge in [0.25, 0.3) is 5.91 Å². The fourth-order valence-electron chi connectivity index (χ4n) is 2.17. The van der Waals surface area contributed by atoms with Crippen LogP contribution in [-0.4, -0.2) is 12.1 Å². The molecule has 3 aromatic rings. The molecule has 124 valence electrons. The van der Waals surface area contributed by atoms with E-state index in [1.54, 1.807) is 30.5 Å². The Morgan fingerprint density at radius 3 is 2.16 bits per heavy atom. The molecule has 2 N–H and O–H groups in total. The van der Waals surface area contributed by atoms with E-state index in [2.05, 4.69) is 15.8 Å². The molecule has 0 spiro atoms. The Morgan fingerprint density at radius 2 is 1.48 bits per heavy atom. The number of halogens is 1. The minimum Gasteiger partial charge on any atom is -0.356 e. The maximum absolute atomic E-state index is 11.9. The Bertz CT molecular complexity index is 860. The first-order valence-electron chi connectivity index (χ1n) is 7.72. The molecule has 0 atom stereocenters. The maximum Gasteiger partial charge on any atom is 0.271 e. The van der Waals surface area contributed by atoms with Gasteiger partial charge in [0.1, 0.15) is 0 Å². The van der Waals surface area contributed by atoms with Crippen LogP contribution in [0.5, 0.6) is 0 Å². The summed E-state index contributed by atoms with van der Waals surface area (Å²) in [6.07, 6.45) is 1.60. The first kappa shape index (κ1) is 16.7. The van der Waals surface area contributed by atoms with Gasteiger partial charge in [0.15, 0.2) is 0 Å². The van der Waals surface area contributed by atoms with Gasteiger partial charge in [-0.25, -0.2) is 5.43 Å². The second-order valence-electron chi connectivity index (χ2n) is 5.32. The van der Waals surface area contributed by atoms with Crippen LogP contribution in [0.3, 0.4) is 0 Å². The van der Waals surface area contributed by atoms with Crippen molar-refractivity contribution in [1.29, 1.82) is 0 Å². The molecule has 3 aromatic carbocycles. The van der Waals surface area contributed by atoms with Crippen LogP contribution in [0.4, 0.5) is 11.4 Å². The van der Waals surface area contributed by atoms with Gasteiger partial charge >= 0.3 is 0 Å². The quantitative estimate of drug-likeness (QED) is 0.511. The van der Waals surface area contributed by atoms with Crippen molar-refractivity contribution in [2.24, 2.45) is 5.10 Å². The highest BCUT2D eigenvalue weighted by atomic mass is 35.5. The average Bonchev–Trinajstić information content (AvgIpc) is 2.64. The number of rotatable bonds is 5. The Balaban J connectivity index is 1.56. The first-order valence-corrected chi connectivity index (χ1v) is 8.09. The molecular weight excluding hydrogens is 334 g/mol. The molecule has 0 radical (unpaired) electrons. The van der Waals surface area contributed by atoms with E-state index in [1.807, 2.05) is 54.6 Å². The number of hydrazone groups is 1. The molecule has 0 bridgehead atoms. The summed E-state index contributed by atoms with van der Waals surface area (Å²) in [6, 6.07) is 24.3. The highest BCUT2D eigenvalue weighted by molar-refractivity contribution is 6.30. The largest absolute Gasteiger partial charge is 0.356 e. The number of para-hydroxylation sites is 1. The van der Waals surface area contributed by atoms with Crippen LogP contribution in [0.1, 0.15) is 15.9 Å². The number of nitrogens with one attached hydrogen (secondary N) is 2. The van der Waals surface area contributed by atoms with Crippen molar-refractivity contribution in [3.05, 3.63) is 95.0 Å². The predicted molar refractivity (Wildman–Crippen MR) is 103 cm³/mol. The molecule has 0 fully saturated rings. The molecule has 0 aromatic heterocycles. The van der Waals surface area contributed by atoms with Crippen molar-refractivity contribution in [3.8, 4) is 0 Å². The lowest BCUT2D eigenvalue weighted by molar-refractivity contribution is 0.0955. The highest BCUT2D eigenvalue weighted by Gasteiger charge is 2.03. The van der Waals surface area contributed by atoms with Gasteiger partial charge in [-0.05, 0) is 54.1 Å². The van der Waals surface area contributed by atoms with Gasteiger partial charge in [0.2, 0.25) is 0 Å². The molecule has 0 saturated carbocycles. The van der Waals surface area contributed by atoms with E-state index in [-0.39, 0.29) is 5.91 Å². The molecule has 0 aliphatic carbocycles. The molecule has 0 aliphatic heterocycles. The van der Waals surface area contributed by atoms with Gasteiger partial charge in [0.05, 0.1) is 6.21 Å². The molecular formula is C20H16ClN3O. The maximum atomic E-state index is 11.9. The molecule has 0 aliphatic rings. The lowest BCUT2D eigenvalue weighted by atomic mass is 10.2. The predicted octanol–water partition coefficient (Wildman–Crippen LogP) is 4.85. The number of hydrogen-bond acceptors (Lipinski definition) is 3. The van der Waals surface area contributed by atoms with Crippen LogP contribution in [0.25, 0.3) is 0 Å². The van der Waals surface area contributed by atoms with E-state index in [4.69, 9.17) is 11.6 Å². The number of benzene rings is 3. The summed E-state index contributed by atoms with van der Waals surface area (Å²) >= 11 is 5.80. The summed E-state index contributed by atoms with van der Waals surface area (Å²) in [5.41, 5.74) is 5.89.